The summed E-state index contributed by atoms with van der Waals surface area (Å²) in [6.07, 6.45) is 1.58. The Morgan fingerprint density at radius 2 is 2.12 bits per heavy atom. The molecular weight excluding hydrogens is 282 g/mol. The number of anilines is 1. The van der Waals surface area contributed by atoms with Crippen LogP contribution in [0, 0.1) is 6.92 Å². The molecule has 0 spiro atoms. The van der Waals surface area contributed by atoms with Crippen LogP contribution < -0.4 is 5.32 Å². The van der Waals surface area contributed by atoms with Crippen molar-refractivity contribution in [3.63, 3.8) is 0 Å². The van der Waals surface area contributed by atoms with E-state index >= 15 is 0 Å². The average molecular weight is 292 g/mol. The van der Waals surface area contributed by atoms with Gasteiger partial charge >= 0.3 is 0 Å². The van der Waals surface area contributed by atoms with Crippen molar-refractivity contribution < 1.29 is 4.79 Å². The molecule has 0 unspecified atom stereocenters. The molecule has 2 aromatic heterocycles. The highest BCUT2D eigenvalue weighted by molar-refractivity contribution is 9.10. The number of hydrogen-bond acceptors (Lipinski definition) is 3. The van der Waals surface area contributed by atoms with Crippen LogP contribution in [0.5, 0.6) is 0 Å². The van der Waals surface area contributed by atoms with Gasteiger partial charge in [-0.3, -0.25) is 9.78 Å². The lowest BCUT2D eigenvalue weighted by Gasteiger charge is -2.05. The molecule has 0 fully saturated rings. The number of amides is 1. The first-order chi connectivity index (χ1) is 8.16. The molecule has 0 aliphatic carbocycles. The van der Waals surface area contributed by atoms with Crippen LogP contribution in [-0.4, -0.2) is 15.9 Å². The number of aryl methyl sites for hydroxylation is 1. The first-order valence-corrected chi connectivity index (χ1v) is 5.81. The van der Waals surface area contributed by atoms with E-state index in [2.05, 4.69) is 31.2 Å². The van der Waals surface area contributed by atoms with Crippen LogP contribution in [0.1, 0.15) is 16.2 Å². The minimum Gasteiger partial charge on any atom is -0.305 e. The molecule has 0 radical (unpaired) electrons. The van der Waals surface area contributed by atoms with Crippen LogP contribution in [0.4, 0.5) is 5.82 Å². The van der Waals surface area contributed by atoms with Crippen molar-refractivity contribution in [2.45, 2.75) is 6.92 Å². The highest BCUT2D eigenvalue weighted by Crippen LogP contribution is 2.16. The maximum Gasteiger partial charge on any atom is 0.275 e. The van der Waals surface area contributed by atoms with Crippen molar-refractivity contribution in [3.8, 4) is 0 Å². The molecule has 2 heterocycles. The Kier molecular flexibility index (Phi) is 3.49. The van der Waals surface area contributed by atoms with Crippen molar-refractivity contribution in [2.75, 3.05) is 5.32 Å². The van der Waals surface area contributed by atoms with Gasteiger partial charge in [0.05, 0.1) is 5.69 Å². The molecule has 0 aliphatic rings. The Morgan fingerprint density at radius 1 is 1.29 bits per heavy atom. The van der Waals surface area contributed by atoms with E-state index in [4.69, 9.17) is 0 Å². The molecule has 2 aromatic rings. The molecule has 1 N–H and O–H groups in total. The quantitative estimate of drug-likeness (QED) is 0.926. The fourth-order valence-electron chi connectivity index (χ4n) is 1.29. The van der Waals surface area contributed by atoms with E-state index in [0.717, 1.165) is 10.2 Å². The fraction of sp³-hybridized carbons (Fsp3) is 0.0833. The molecule has 0 aromatic carbocycles. The summed E-state index contributed by atoms with van der Waals surface area (Å²) in [5, 5.41) is 2.69. The summed E-state index contributed by atoms with van der Waals surface area (Å²) in [4.78, 5) is 20.0. The van der Waals surface area contributed by atoms with Gasteiger partial charge in [0.25, 0.3) is 5.91 Å². The highest BCUT2D eigenvalue weighted by Gasteiger charge is 2.07. The number of pyridine rings is 2. The molecule has 5 heteroatoms. The minimum absolute atomic E-state index is 0.264. The fourth-order valence-corrected chi connectivity index (χ4v) is 1.51. The number of carbonyl (C=O) groups is 1. The topological polar surface area (TPSA) is 54.9 Å². The first kappa shape index (κ1) is 11.7. The summed E-state index contributed by atoms with van der Waals surface area (Å²) in [6.45, 7) is 1.86. The van der Waals surface area contributed by atoms with Crippen molar-refractivity contribution in [1.29, 1.82) is 0 Å². The van der Waals surface area contributed by atoms with Crippen molar-refractivity contribution in [1.82, 2.24) is 9.97 Å². The van der Waals surface area contributed by atoms with Crippen molar-refractivity contribution in [3.05, 3.63) is 52.4 Å². The molecule has 86 valence electrons. The lowest BCUT2D eigenvalue weighted by atomic mass is 10.3. The summed E-state index contributed by atoms with van der Waals surface area (Å²) >= 11 is 3.35. The Labute approximate surface area is 107 Å². The Balaban J connectivity index is 2.16. The second-order valence-electron chi connectivity index (χ2n) is 3.43. The number of nitrogens with one attached hydrogen (secondary N) is 1. The summed E-state index contributed by atoms with van der Waals surface area (Å²) in [6, 6.07) is 8.76. The minimum atomic E-state index is -0.264. The third kappa shape index (κ3) is 2.88. The Morgan fingerprint density at radius 3 is 2.76 bits per heavy atom. The number of rotatable bonds is 2. The normalized spacial score (nSPS) is 10.0. The van der Waals surface area contributed by atoms with Gasteiger partial charge in [-0.25, -0.2) is 4.98 Å². The first-order valence-electron chi connectivity index (χ1n) is 5.02. The van der Waals surface area contributed by atoms with Crippen LogP contribution in [-0.2, 0) is 0 Å². The number of nitrogens with zero attached hydrogens (tertiary/aromatic N) is 2. The number of aromatic nitrogens is 2. The van der Waals surface area contributed by atoms with E-state index in [0.29, 0.717) is 11.5 Å². The van der Waals surface area contributed by atoms with Crippen molar-refractivity contribution in [2.24, 2.45) is 0 Å². The maximum absolute atomic E-state index is 11.8. The van der Waals surface area contributed by atoms with Gasteiger partial charge < -0.3 is 5.32 Å². The molecule has 4 nitrogen and oxygen atoms in total. The van der Waals surface area contributed by atoms with Crippen LogP contribution in [0.25, 0.3) is 0 Å². The number of carbonyl (C=O) groups excluding carboxylic acids is 1. The van der Waals surface area contributed by atoms with Crippen LogP contribution in [0.15, 0.2) is 41.0 Å². The molecule has 0 saturated carbocycles. The van der Waals surface area contributed by atoms with Gasteiger partial charge in [-0.2, -0.15) is 0 Å². The van der Waals surface area contributed by atoms with Gasteiger partial charge in [-0.05, 0) is 47.1 Å². The third-order valence-corrected chi connectivity index (χ3v) is 3.00. The van der Waals surface area contributed by atoms with Crippen LogP contribution in [0.3, 0.4) is 0 Å². The summed E-state index contributed by atoms with van der Waals surface area (Å²) in [7, 11) is 0. The van der Waals surface area contributed by atoms with Gasteiger partial charge in [-0.15, -0.1) is 0 Å². The third-order valence-electron chi connectivity index (χ3n) is 2.16. The molecule has 1 amide bonds. The highest BCUT2D eigenvalue weighted by atomic mass is 79.9. The van der Waals surface area contributed by atoms with Crippen LogP contribution in [0.2, 0.25) is 0 Å². The predicted molar refractivity (Wildman–Crippen MR) is 68.9 cm³/mol. The molecule has 0 bridgehead atoms. The van der Waals surface area contributed by atoms with E-state index in [1.54, 1.807) is 30.5 Å². The summed E-state index contributed by atoms with van der Waals surface area (Å²) in [5.74, 6) is 0.251. The van der Waals surface area contributed by atoms with E-state index < -0.39 is 0 Å². The number of halogens is 1. The van der Waals surface area contributed by atoms with E-state index in [9.17, 15) is 4.79 Å². The molecular formula is C12H10BrN3O. The van der Waals surface area contributed by atoms with Crippen molar-refractivity contribution >= 4 is 27.7 Å². The largest absolute Gasteiger partial charge is 0.305 e. The lowest BCUT2D eigenvalue weighted by Crippen LogP contribution is -2.14. The lowest BCUT2D eigenvalue weighted by molar-refractivity contribution is 0.102. The molecule has 2 rings (SSSR count). The van der Waals surface area contributed by atoms with Gasteiger partial charge in [-0.1, -0.05) is 6.07 Å². The van der Waals surface area contributed by atoms with Gasteiger partial charge in [0.2, 0.25) is 0 Å². The average Bonchev–Trinajstić information content (AvgIpc) is 2.35. The monoisotopic (exact) mass is 291 g/mol. The maximum atomic E-state index is 11.8. The second-order valence-corrected chi connectivity index (χ2v) is 4.29. The van der Waals surface area contributed by atoms with Gasteiger partial charge in [0.1, 0.15) is 11.5 Å². The molecule has 0 aliphatic heterocycles. The summed E-state index contributed by atoms with van der Waals surface area (Å²) < 4.78 is 0.910. The zero-order valence-electron chi connectivity index (χ0n) is 9.14. The zero-order chi connectivity index (χ0) is 12.3. The second kappa shape index (κ2) is 5.05. The zero-order valence-corrected chi connectivity index (χ0v) is 10.7. The Bertz CT molecular complexity index is 543. The smallest absolute Gasteiger partial charge is 0.275 e. The molecule has 0 atom stereocenters. The van der Waals surface area contributed by atoms with Gasteiger partial charge in [0, 0.05) is 10.7 Å². The molecule has 0 saturated heterocycles. The van der Waals surface area contributed by atoms with E-state index in [-0.39, 0.29) is 5.91 Å². The molecule has 17 heavy (non-hydrogen) atoms. The Hall–Kier alpha value is -1.75. The SMILES string of the molecule is Cc1nc(NC(=O)c2ccccn2)ccc1Br. The predicted octanol–water partition coefficient (Wildman–Crippen LogP) is 2.80. The number of hydrogen-bond donors (Lipinski definition) is 1. The summed E-state index contributed by atoms with van der Waals surface area (Å²) in [5.41, 5.74) is 1.19. The van der Waals surface area contributed by atoms with Crippen LogP contribution >= 0.6 is 15.9 Å². The van der Waals surface area contributed by atoms with E-state index in [1.165, 1.54) is 0 Å². The standard InChI is InChI=1S/C12H10BrN3O/c1-8-9(13)5-6-11(15-8)16-12(17)10-4-2-3-7-14-10/h2-7H,1H3,(H,15,16,17). The van der Waals surface area contributed by atoms with E-state index in [1.807, 2.05) is 13.0 Å². The van der Waals surface area contributed by atoms with Gasteiger partial charge in [0.15, 0.2) is 0 Å².